The van der Waals surface area contributed by atoms with Gasteiger partial charge >= 0.3 is 11.9 Å². The number of aromatic hydroxyl groups is 1. The van der Waals surface area contributed by atoms with Crippen LogP contribution in [0.15, 0.2) is 41.7 Å². The summed E-state index contributed by atoms with van der Waals surface area (Å²) in [4.78, 5) is 23.4. The number of hydrogen-bond acceptors (Lipinski definition) is 6. The number of phenols is 1. The number of phenolic OH excluding ortho intramolecular Hbond substituents is 1. The van der Waals surface area contributed by atoms with Crippen molar-refractivity contribution in [1.82, 2.24) is 0 Å². The second-order valence-electron chi connectivity index (χ2n) is 9.05. The van der Waals surface area contributed by atoms with Crippen LogP contribution in [0.4, 0.5) is 0 Å². The van der Waals surface area contributed by atoms with Crippen LogP contribution in [0.1, 0.15) is 82.3 Å². The van der Waals surface area contributed by atoms with E-state index in [-0.39, 0.29) is 17.9 Å². The maximum Gasteiger partial charge on any atom is 0.310 e. The molecule has 1 aromatic rings. The number of esters is 2. The Bertz CT molecular complexity index is 870. The third-order valence-corrected chi connectivity index (χ3v) is 6.27. The zero-order valence-electron chi connectivity index (χ0n) is 20.8. The largest absolute Gasteiger partial charge is 0.508 e. The van der Waals surface area contributed by atoms with E-state index in [0.29, 0.717) is 30.8 Å². The van der Waals surface area contributed by atoms with Gasteiger partial charge in [-0.3, -0.25) is 9.59 Å². The van der Waals surface area contributed by atoms with Gasteiger partial charge in [-0.05, 0) is 68.2 Å². The Balaban J connectivity index is 1.97. The van der Waals surface area contributed by atoms with Crippen LogP contribution in [-0.4, -0.2) is 35.4 Å². The first-order valence-electron chi connectivity index (χ1n) is 12.5. The third kappa shape index (κ3) is 8.98. The molecule has 2 atom stereocenters. The van der Waals surface area contributed by atoms with Gasteiger partial charge in [-0.1, -0.05) is 44.1 Å². The maximum atomic E-state index is 12.1. The Morgan fingerprint density at radius 3 is 2.56 bits per heavy atom. The average Bonchev–Trinajstić information content (AvgIpc) is 3.09. The van der Waals surface area contributed by atoms with Gasteiger partial charge in [0, 0.05) is 25.2 Å². The van der Waals surface area contributed by atoms with E-state index in [1.807, 2.05) is 32.1 Å². The van der Waals surface area contributed by atoms with Crippen LogP contribution in [-0.2, 0) is 25.5 Å². The number of aryl methyl sites for hydroxylation is 2. The van der Waals surface area contributed by atoms with Crippen molar-refractivity contribution in [2.24, 2.45) is 5.92 Å². The number of ether oxygens (including phenoxy) is 2. The fraction of sp³-hybridized carbons (Fsp3) is 0.571. The van der Waals surface area contributed by atoms with Crippen LogP contribution in [0.5, 0.6) is 5.75 Å². The molecule has 2 rings (SSSR count). The monoisotopic (exact) mass is 472 g/mol. The number of hydrogen-bond donors (Lipinski definition) is 2. The molecule has 0 unspecified atom stereocenters. The summed E-state index contributed by atoms with van der Waals surface area (Å²) < 4.78 is 10.3. The van der Waals surface area contributed by atoms with Gasteiger partial charge in [-0.25, -0.2) is 0 Å². The summed E-state index contributed by atoms with van der Waals surface area (Å²) in [5.74, 6) is 0.357. The van der Waals surface area contributed by atoms with Crippen LogP contribution in [0.2, 0.25) is 0 Å². The van der Waals surface area contributed by atoms with Crippen molar-refractivity contribution in [2.45, 2.75) is 90.6 Å². The Morgan fingerprint density at radius 2 is 1.85 bits per heavy atom. The zero-order chi connectivity index (χ0) is 24.9. The van der Waals surface area contributed by atoms with Gasteiger partial charge in [-0.2, -0.15) is 0 Å². The van der Waals surface area contributed by atoms with Gasteiger partial charge in [-0.15, -0.1) is 0 Å². The van der Waals surface area contributed by atoms with Gasteiger partial charge in [0.05, 0.1) is 13.2 Å². The van der Waals surface area contributed by atoms with Crippen molar-refractivity contribution in [2.75, 3.05) is 7.11 Å². The van der Waals surface area contributed by atoms with Crippen molar-refractivity contribution in [3.05, 3.63) is 52.8 Å². The minimum absolute atomic E-state index is 0.152. The lowest BCUT2D eigenvalue weighted by molar-refractivity contribution is -0.141. The molecular weight excluding hydrogens is 432 g/mol. The smallest absolute Gasteiger partial charge is 0.310 e. The molecule has 1 aromatic carbocycles. The number of methoxy groups -OCH3 is 1. The van der Waals surface area contributed by atoms with Crippen molar-refractivity contribution in [3.63, 3.8) is 0 Å². The molecule has 6 heteroatoms. The van der Waals surface area contributed by atoms with E-state index in [1.165, 1.54) is 7.11 Å². The highest BCUT2D eigenvalue weighted by atomic mass is 16.5. The molecule has 0 saturated heterocycles. The van der Waals surface area contributed by atoms with Crippen LogP contribution in [0, 0.1) is 12.8 Å². The molecule has 1 aliphatic carbocycles. The van der Waals surface area contributed by atoms with E-state index >= 15 is 0 Å². The standard InChI is InChI=1S/C28H40O6/c1-4-11-28(32)34-26-19-25(30)22(23(26)14-7-5-6-8-15-27(31)33-3)13-10-9-12-21-16-17-24(29)20(2)18-21/h10,13,16-18,22,25,29-30H,4-9,11-12,14-15,19H2,1-3H3/b13-10+/t22-,25-/m1/s1. The van der Waals surface area contributed by atoms with Crippen LogP contribution < -0.4 is 0 Å². The highest BCUT2D eigenvalue weighted by Crippen LogP contribution is 2.37. The Morgan fingerprint density at radius 1 is 1.09 bits per heavy atom. The second-order valence-corrected chi connectivity index (χ2v) is 9.05. The summed E-state index contributed by atoms with van der Waals surface area (Å²) in [7, 11) is 1.40. The van der Waals surface area contributed by atoms with Crippen LogP contribution in [0.3, 0.4) is 0 Å². The number of aliphatic hydroxyl groups is 1. The summed E-state index contributed by atoms with van der Waals surface area (Å²) in [5, 5.41) is 20.4. The highest BCUT2D eigenvalue weighted by Gasteiger charge is 2.33. The quantitative estimate of drug-likeness (QED) is 0.206. The van der Waals surface area contributed by atoms with E-state index < -0.39 is 6.10 Å². The highest BCUT2D eigenvalue weighted by molar-refractivity contribution is 5.70. The Labute approximate surface area is 203 Å². The van der Waals surface area contributed by atoms with Crippen LogP contribution >= 0.6 is 0 Å². The molecule has 34 heavy (non-hydrogen) atoms. The molecule has 0 aliphatic heterocycles. The zero-order valence-corrected chi connectivity index (χ0v) is 20.8. The maximum absolute atomic E-state index is 12.1. The lowest BCUT2D eigenvalue weighted by Crippen LogP contribution is -2.14. The molecule has 6 nitrogen and oxygen atoms in total. The fourth-order valence-corrected chi connectivity index (χ4v) is 4.32. The van der Waals surface area contributed by atoms with Crippen LogP contribution in [0.25, 0.3) is 0 Å². The van der Waals surface area contributed by atoms with E-state index in [0.717, 1.165) is 68.1 Å². The number of allylic oxidation sites excluding steroid dienone is 1. The molecule has 0 heterocycles. The Hall–Kier alpha value is -2.60. The minimum Gasteiger partial charge on any atom is -0.508 e. The van der Waals surface area contributed by atoms with Gasteiger partial charge in [0.25, 0.3) is 0 Å². The average molecular weight is 473 g/mol. The number of carbonyl (C=O) groups is 2. The predicted octanol–water partition coefficient (Wildman–Crippen LogP) is 5.68. The van der Waals surface area contributed by atoms with E-state index in [1.54, 1.807) is 6.07 Å². The number of unbranched alkanes of at least 4 members (excludes halogenated alkanes) is 3. The lowest BCUT2D eigenvalue weighted by Gasteiger charge is -2.15. The molecule has 0 radical (unpaired) electrons. The van der Waals surface area contributed by atoms with Crippen molar-refractivity contribution >= 4 is 11.9 Å². The van der Waals surface area contributed by atoms with Crippen molar-refractivity contribution < 1.29 is 29.3 Å². The summed E-state index contributed by atoms with van der Waals surface area (Å²) >= 11 is 0. The summed E-state index contributed by atoms with van der Waals surface area (Å²) in [6, 6.07) is 5.64. The number of benzene rings is 1. The molecule has 2 N–H and O–H groups in total. The topological polar surface area (TPSA) is 93.1 Å². The molecular formula is C28H40O6. The summed E-state index contributed by atoms with van der Waals surface area (Å²) in [6.45, 7) is 3.83. The fourth-order valence-electron chi connectivity index (χ4n) is 4.32. The van der Waals surface area contributed by atoms with Crippen molar-refractivity contribution in [1.29, 1.82) is 0 Å². The van der Waals surface area contributed by atoms with E-state index in [4.69, 9.17) is 4.74 Å². The SMILES string of the molecule is CCCC(=O)OC1=C(CCCCCCC(=O)OC)[C@@H](/C=C/CCc2ccc(O)c(C)c2)[C@H](O)C1. The van der Waals surface area contributed by atoms with E-state index in [9.17, 15) is 19.8 Å². The minimum atomic E-state index is -0.592. The summed E-state index contributed by atoms with van der Waals surface area (Å²) in [6.07, 6.45) is 11.5. The molecule has 188 valence electrons. The second kappa shape index (κ2) is 14.6. The third-order valence-electron chi connectivity index (χ3n) is 6.27. The summed E-state index contributed by atoms with van der Waals surface area (Å²) in [5.41, 5.74) is 3.04. The number of rotatable bonds is 14. The molecule has 0 fully saturated rings. The molecule has 0 bridgehead atoms. The molecule has 0 aromatic heterocycles. The van der Waals surface area contributed by atoms with Crippen molar-refractivity contribution in [3.8, 4) is 5.75 Å². The lowest BCUT2D eigenvalue weighted by atomic mass is 9.93. The number of carbonyl (C=O) groups excluding carboxylic acids is 2. The first kappa shape index (κ1) is 27.6. The molecule has 0 amide bonds. The Kier molecular flexibility index (Phi) is 11.9. The van der Waals surface area contributed by atoms with Gasteiger partial charge in [0.2, 0.25) is 0 Å². The molecule has 0 spiro atoms. The van der Waals surface area contributed by atoms with Gasteiger partial charge in [0.1, 0.15) is 11.5 Å². The predicted molar refractivity (Wildman–Crippen MR) is 132 cm³/mol. The first-order valence-corrected chi connectivity index (χ1v) is 12.5. The molecule has 1 aliphatic rings. The van der Waals surface area contributed by atoms with Gasteiger partial charge in [0.15, 0.2) is 0 Å². The number of aliphatic hydroxyl groups excluding tert-OH is 1. The first-order chi connectivity index (χ1) is 16.3. The van der Waals surface area contributed by atoms with E-state index in [2.05, 4.69) is 10.8 Å². The molecule has 0 saturated carbocycles. The van der Waals surface area contributed by atoms with Gasteiger partial charge < -0.3 is 19.7 Å². The normalized spacial score (nSPS) is 18.0.